The lowest BCUT2D eigenvalue weighted by Gasteiger charge is -2.16. The quantitative estimate of drug-likeness (QED) is 0.884. The molecule has 1 atom stereocenters. The molecule has 108 valence electrons. The van der Waals surface area contributed by atoms with Crippen LogP contribution >= 0.6 is 0 Å². The lowest BCUT2D eigenvalue weighted by molar-refractivity contribution is 0.372. The van der Waals surface area contributed by atoms with Gasteiger partial charge in [0.25, 0.3) is 0 Å². The van der Waals surface area contributed by atoms with E-state index in [-0.39, 0.29) is 11.8 Å². The summed E-state index contributed by atoms with van der Waals surface area (Å²) in [5.41, 5.74) is 2.75. The van der Waals surface area contributed by atoms with Crippen LogP contribution in [0.15, 0.2) is 42.5 Å². The van der Waals surface area contributed by atoms with Crippen molar-refractivity contribution in [3.05, 3.63) is 59.2 Å². The first-order valence-corrected chi connectivity index (χ1v) is 6.73. The van der Waals surface area contributed by atoms with Crippen LogP contribution in [0.3, 0.4) is 0 Å². The maximum absolute atomic E-state index is 9.61. The Morgan fingerprint density at radius 3 is 2.81 bits per heavy atom. The Kier molecular flexibility index (Phi) is 4.81. The zero-order chi connectivity index (χ0) is 15.2. The molecular formula is C17H18N2O2. The van der Waals surface area contributed by atoms with E-state index in [0.717, 1.165) is 11.1 Å². The summed E-state index contributed by atoms with van der Waals surface area (Å²) in [5, 5.41) is 21.9. The van der Waals surface area contributed by atoms with Gasteiger partial charge in [-0.15, -0.1) is 0 Å². The first-order valence-electron chi connectivity index (χ1n) is 6.73. The van der Waals surface area contributed by atoms with Gasteiger partial charge in [0.05, 0.1) is 18.7 Å². The van der Waals surface area contributed by atoms with Crippen molar-refractivity contribution in [2.45, 2.75) is 19.5 Å². The van der Waals surface area contributed by atoms with Crippen LogP contribution in [0.1, 0.15) is 29.7 Å². The van der Waals surface area contributed by atoms with Crippen molar-refractivity contribution in [3.8, 4) is 17.6 Å². The Balaban J connectivity index is 2.04. The maximum Gasteiger partial charge on any atom is 0.160 e. The number of hydrogen-bond acceptors (Lipinski definition) is 4. The summed E-state index contributed by atoms with van der Waals surface area (Å²) in [5.74, 6) is 0.600. The summed E-state index contributed by atoms with van der Waals surface area (Å²) < 4.78 is 5.12. The number of hydrogen-bond donors (Lipinski definition) is 2. The molecular weight excluding hydrogens is 264 g/mol. The SMILES string of the molecule is COc1cc(C(C)NCc2cccc(C#N)c2)ccc1O. The van der Waals surface area contributed by atoms with Gasteiger partial charge in [-0.3, -0.25) is 0 Å². The molecule has 0 aliphatic carbocycles. The normalized spacial score (nSPS) is 11.7. The van der Waals surface area contributed by atoms with Crippen LogP contribution in [0, 0.1) is 11.3 Å². The van der Waals surface area contributed by atoms with E-state index in [1.54, 1.807) is 12.1 Å². The molecule has 2 rings (SSSR count). The van der Waals surface area contributed by atoms with Crippen molar-refractivity contribution in [2.24, 2.45) is 0 Å². The van der Waals surface area contributed by atoms with Crippen LogP contribution < -0.4 is 10.1 Å². The molecule has 0 saturated carbocycles. The van der Waals surface area contributed by atoms with E-state index >= 15 is 0 Å². The number of nitriles is 1. The van der Waals surface area contributed by atoms with E-state index in [1.165, 1.54) is 7.11 Å². The Hall–Kier alpha value is -2.51. The Bertz CT molecular complexity index is 662. The van der Waals surface area contributed by atoms with Gasteiger partial charge in [-0.05, 0) is 42.3 Å². The number of rotatable bonds is 5. The van der Waals surface area contributed by atoms with Crippen LogP contribution in [0.4, 0.5) is 0 Å². The van der Waals surface area contributed by atoms with Gasteiger partial charge in [0.15, 0.2) is 11.5 Å². The lowest BCUT2D eigenvalue weighted by Crippen LogP contribution is -2.18. The van der Waals surface area contributed by atoms with Gasteiger partial charge in [-0.1, -0.05) is 18.2 Å². The van der Waals surface area contributed by atoms with Crippen molar-refractivity contribution >= 4 is 0 Å². The summed E-state index contributed by atoms with van der Waals surface area (Å²) in [6.07, 6.45) is 0. The monoisotopic (exact) mass is 282 g/mol. The molecule has 1 unspecified atom stereocenters. The van der Waals surface area contributed by atoms with Crippen molar-refractivity contribution in [1.82, 2.24) is 5.32 Å². The minimum atomic E-state index is 0.102. The van der Waals surface area contributed by atoms with Crippen LogP contribution in [-0.4, -0.2) is 12.2 Å². The summed E-state index contributed by atoms with van der Waals surface area (Å²) in [6.45, 7) is 2.71. The number of nitrogens with one attached hydrogen (secondary N) is 1. The van der Waals surface area contributed by atoms with Crippen molar-refractivity contribution < 1.29 is 9.84 Å². The second kappa shape index (κ2) is 6.78. The van der Waals surface area contributed by atoms with Crippen molar-refractivity contribution in [2.75, 3.05) is 7.11 Å². The predicted molar refractivity (Wildman–Crippen MR) is 81.1 cm³/mol. The summed E-state index contributed by atoms with van der Waals surface area (Å²) in [7, 11) is 1.53. The molecule has 21 heavy (non-hydrogen) atoms. The molecule has 0 aromatic heterocycles. The van der Waals surface area contributed by atoms with Crippen LogP contribution in [-0.2, 0) is 6.54 Å². The number of phenolic OH excluding ortho intramolecular Hbond substituents is 1. The molecule has 0 aliphatic rings. The van der Waals surface area contributed by atoms with E-state index < -0.39 is 0 Å². The third-order valence-corrected chi connectivity index (χ3v) is 3.37. The van der Waals surface area contributed by atoms with Crippen LogP contribution in [0.5, 0.6) is 11.5 Å². The molecule has 0 saturated heterocycles. The Labute approximate surface area is 124 Å². The van der Waals surface area contributed by atoms with Gasteiger partial charge < -0.3 is 15.2 Å². The van der Waals surface area contributed by atoms with Gasteiger partial charge in [0, 0.05) is 12.6 Å². The first-order chi connectivity index (χ1) is 10.1. The molecule has 0 aliphatic heterocycles. The average molecular weight is 282 g/mol. The molecule has 0 radical (unpaired) electrons. The highest BCUT2D eigenvalue weighted by Gasteiger charge is 2.09. The second-order valence-corrected chi connectivity index (χ2v) is 4.85. The highest BCUT2D eigenvalue weighted by atomic mass is 16.5. The van der Waals surface area contributed by atoms with Gasteiger partial charge in [-0.2, -0.15) is 5.26 Å². The zero-order valence-electron chi connectivity index (χ0n) is 12.1. The molecule has 4 nitrogen and oxygen atoms in total. The number of phenols is 1. The van der Waals surface area contributed by atoms with Gasteiger partial charge in [0.1, 0.15) is 0 Å². The smallest absolute Gasteiger partial charge is 0.160 e. The largest absolute Gasteiger partial charge is 0.504 e. The van der Waals surface area contributed by atoms with Gasteiger partial charge >= 0.3 is 0 Å². The third-order valence-electron chi connectivity index (χ3n) is 3.37. The van der Waals surface area contributed by atoms with Gasteiger partial charge in [0.2, 0.25) is 0 Å². The summed E-state index contributed by atoms with van der Waals surface area (Å²) in [6, 6.07) is 15.1. The topological polar surface area (TPSA) is 65.3 Å². The first kappa shape index (κ1) is 14.9. The van der Waals surface area contributed by atoms with Crippen LogP contribution in [0.25, 0.3) is 0 Å². The fourth-order valence-corrected chi connectivity index (χ4v) is 2.10. The highest BCUT2D eigenvalue weighted by molar-refractivity contribution is 5.42. The van der Waals surface area contributed by atoms with Crippen molar-refractivity contribution in [3.63, 3.8) is 0 Å². The molecule has 2 aromatic carbocycles. The van der Waals surface area contributed by atoms with E-state index in [4.69, 9.17) is 10.00 Å². The minimum absolute atomic E-state index is 0.102. The fraction of sp³-hybridized carbons (Fsp3) is 0.235. The number of nitrogens with zero attached hydrogens (tertiary/aromatic N) is 1. The van der Waals surface area contributed by atoms with E-state index in [9.17, 15) is 5.11 Å². The van der Waals surface area contributed by atoms with E-state index in [0.29, 0.717) is 17.9 Å². The maximum atomic E-state index is 9.61. The molecule has 0 fully saturated rings. The number of methoxy groups -OCH3 is 1. The highest BCUT2D eigenvalue weighted by Crippen LogP contribution is 2.28. The molecule has 4 heteroatoms. The van der Waals surface area contributed by atoms with Crippen LogP contribution in [0.2, 0.25) is 0 Å². The molecule has 0 heterocycles. The molecule has 0 bridgehead atoms. The molecule has 2 aromatic rings. The number of benzene rings is 2. The average Bonchev–Trinajstić information content (AvgIpc) is 2.53. The molecule has 2 N–H and O–H groups in total. The number of aromatic hydroxyl groups is 1. The summed E-state index contributed by atoms with van der Waals surface area (Å²) >= 11 is 0. The fourth-order valence-electron chi connectivity index (χ4n) is 2.10. The minimum Gasteiger partial charge on any atom is -0.504 e. The Morgan fingerprint density at radius 2 is 2.10 bits per heavy atom. The predicted octanol–water partition coefficient (Wildman–Crippen LogP) is 3.12. The third kappa shape index (κ3) is 3.74. The van der Waals surface area contributed by atoms with E-state index in [2.05, 4.69) is 11.4 Å². The number of ether oxygens (including phenoxy) is 1. The van der Waals surface area contributed by atoms with Gasteiger partial charge in [-0.25, -0.2) is 0 Å². The second-order valence-electron chi connectivity index (χ2n) is 4.85. The molecule has 0 spiro atoms. The standard InChI is InChI=1S/C17H18N2O2/c1-12(15-6-7-16(20)17(9-15)21-2)19-11-14-5-3-4-13(8-14)10-18/h3-9,12,19-20H,11H2,1-2H3. The Morgan fingerprint density at radius 1 is 1.29 bits per heavy atom. The van der Waals surface area contributed by atoms with Crippen molar-refractivity contribution in [1.29, 1.82) is 5.26 Å². The molecule has 0 amide bonds. The van der Waals surface area contributed by atoms with E-state index in [1.807, 2.05) is 37.3 Å². The summed E-state index contributed by atoms with van der Waals surface area (Å²) in [4.78, 5) is 0. The lowest BCUT2D eigenvalue weighted by atomic mass is 10.1. The zero-order valence-corrected chi connectivity index (χ0v) is 12.1.